The first-order valence-electron chi connectivity index (χ1n) is 8.65. The van der Waals surface area contributed by atoms with E-state index in [4.69, 9.17) is 11.6 Å². The molecule has 3 rings (SSSR count). The molecule has 0 aliphatic carbocycles. The number of aromatic nitrogens is 1. The van der Waals surface area contributed by atoms with Gasteiger partial charge in [0.05, 0.1) is 10.6 Å². The third-order valence-corrected chi connectivity index (χ3v) is 6.16. The number of nitrogens with zero attached hydrogens (tertiary/aromatic N) is 2. The van der Waals surface area contributed by atoms with E-state index in [-0.39, 0.29) is 5.91 Å². The van der Waals surface area contributed by atoms with Crippen LogP contribution in [0.15, 0.2) is 41.6 Å². The molecule has 0 unspecified atom stereocenters. The number of thioether (sulfide) groups is 1. The van der Waals surface area contributed by atoms with Gasteiger partial charge in [-0.15, -0.1) is 11.8 Å². The summed E-state index contributed by atoms with van der Waals surface area (Å²) in [7, 11) is 0. The number of pyridine rings is 1. The molecule has 0 saturated carbocycles. The number of carbonyl (C=O) groups excluding carboxylic acids is 1. The molecular weight excluding hydrogens is 352 g/mol. The molecule has 0 atom stereocenters. The van der Waals surface area contributed by atoms with Crippen LogP contribution in [0.25, 0.3) is 0 Å². The lowest BCUT2D eigenvalue weighted by molar-refractivity contribution is 0.0696. The van der Waals surface area contributed by atoms with E-state index >= 15 is 0 Å². The van der Waals surface area contributed by atoms with Gasteiger partial charge in [-0.3, -0.25) is 9.78 Å². The Balaban J connectivity index is 1.66. The molecule has 25 heavy (non-hydrogen) atoms. The van der Waals surface area contributed by atoms with Gasteiger partial charge >= 0.3 is 0 Å². The molecule has 1 aromatic heterocycles. The topological polar surface area (TPSA) is 33.2 Å². The summed E-state index contributed by atoms with van der Waals surface area (Å²) >= 11 is 7.96. The number of hydrogen-bond acceptors (Lipinski definition) is 3. The largest absolute Gasteiger partial charge is 0.339 e. The third kappa shape index (κ3) is 4.77. The average Bonchev–Trinajstić information content (AvgIpc) is 2.61. The smallest absolute Gasteiger partial charge is 0.255 e. The van der Waals surface area contributed by atoms with Crippen molar-refractivity contribution in [1.82, 2.24) is 9.88 Å². The molecule has 2 heterocycles. The number of aryl methyl sites for hydroxylation is 1. The van der Waals surface area contributed by atoms with Crippen molar-refractivity contribution in [3.8, 4) is 0 Å². The minimum Gasteiger partial charge on any atom is -0.339 e. The Morgan fingerprint density at radius 1 is 1.28 bits per heavy atom. The molecule has 1 fully saturated rings. The van der Waals surface area contributed by atoms with Gasteiger partial charge in [0.25, 0.3) is 5.91 Å². The van der Waals surface area contributed by atoms with Crippen LogP contribution >= 0.6 is 23.4 Å². The fourth-order valence-corrected chi connectivity index (χ4v) is 4.20. The maximum atomic E-state index is 12.7. The van der Waals surface area contributed by atoms with Gasteiger partial charge in [0.15, 0.2) is 0 Å². The van der Waals surface area contributed by atoms with Crippen molar-refractivity contribution >= 4 is 29.3 Å². The van der Waals surface area contributed by atoms with Gasteiger partial charge in [-0.1, -0.05) is 24.6 Å². The van der Waals surface area contributed by atoms with Crippen molar-refractivity contribution < 1.29 is 4.79 Å². The average molecular weight is 375 g/mol. The summed E-state index contributed by atoms with van der Waals surface area (Å²) in [5.41, 5.74) is 2.87. The molecule has 1 aliphatic heterocycles. The minimum atomic E-state index is 0.0969. The predicted octanol–water partition coefficient (Wildman–Crippen LogP) is 5.21. The Bertz CT molecular complexity index is 757. The van der Waals surface area contributed by atoms with E-state index in [9.17, 15) is 4.79 Å². The monoisotopic (exact) mass is 374 g/mol. The first-order valence-corrected chi connectivity index (χ1v) is 10.0. The number of likely N-dealkylation sites (tertiary alicyclic amines) is 1. The van der Waals surface area contributed by atoms with Crippen LogP contribution in [0, 0.1) is 12.8 Å². The highest BCUT2D eigenvalue weighted by atomic mass is 35.5. The van der Waals surface area contributed by atoms with Crippen LogP contribution in [0.2, 0.25) is 5.02 Å². The highest BCUT2D eigenvalue weighted by molar-refractivity contribution is 7.98. The zero-order valence-corrected chi connectivity index (χ0v) is 16.2. The van der Waals surface area contributed by atoms with Gasteiger partial charge < -0.3 is 4.90 Å². The Morgan fingerprint density at radius 2 is 2.04 bits per heavy atom. The number of rotatable bonds is 4. The lowest BCUT2D eigenvalue weighted by atomic mass is 9.99. The maximum absolute atomic E-state index is 12.7. The van der Waals surface area contributed by atoms with E-state index in [2.05, 4.69) is 18.0 Å². The van der Waals surface area contributed by atoms with E-state index < -0.39 is 0 Å². The van der Waals surface area contributed by atoms with Crippen LogP contribution in [0.1, 0.15) is 41.3 Å². The van der Waals surface area contributed by atoms with Crippen molar-refractivity contribution in [1.29, 1.82) is 0 Å². The van der Waals surface area contributed by atoms with Crippen molar-refractivity contribution in [2.75, 3.05) is 13.1 Å². The van der Waals surface area contributed by atoms with E-state index in [0.29, 0.717) is 11.5 Å². The second-order valence-corrected chi connectivity index (χ2v) is 8.20. The van der Waals surface area contributed by atoms with Crippen LogP contribution in [0.5, 0.6) is 0 Å². The molecule has 2 aromatic rings. The lowest BCUT2D eigenvalue weighted by Gasteiger charge is -2.30. The SMILES string of the molecule is Cc1ccc(SCc2cncc(C(=O)N3CCC(C)CC3)c2)c(Cl)c1. The molecule has 1 aliphatic rings. The van der Waals surface area contributed by atoms with E-state index in [0.717, 1.165) is 52.7 Å². The molecule has 0 N–H and O–H groups in total. The van der Waals surface area contributed by atoms with Crippen molar-refractivity contribution in [3.63, 3.8) is 0 Å². The number of hydrogen-bond donors (Lipinski definition) is 0. The summed E-state index contributed by atoms with van der Waals surface area (Å²) in [6.45, 7) is 5.97. The van der Waals surface area contributed by atoms with Crippen molar-refractivity contribution in [2.45, 2.75) is 37.3 Å². The Hall–Kier alpha value is -1.52. The molecule has 3 nitrogen and oxygen atoms in total. The van der Waals surface area contributed by atoms with Gasteiger partial charge in [0.2, 0.25) is 0 Å². The summed E-state index contributed by atoms with van der Waals surface area (Å²) in [6, 6.07) is 8.03. The fourth-order valence-electron chi connectivity index (χ4n) is 2.96. The van der Waals surface area contributed by atoms with Crippen LogP contribution < -0.4 is 0 Å². The van der Waals surface area contributed by atoms with Crippen LogP contribution in [0.3, 0.4) is 0 Å². The van der Waals surface area contributed by atoms with E-state index in [1.165, 1.54) is 0 Å². The fraction of sp³-hybridized carbons (Fsp3) is 0.400. The van der Waals surface area contributed by atoms with Crippen molar-refractivity contribution in [2.24, 2.45) is 5.92 Å². The zero-order valence-electron chi connectivity index (χ0n) is 14.7. The van der Waals surface area contributed by atoms with Gasteiger partial charge in [-0.05, 0) is 55.0 Å². The first kappa shape index (κ1) is 18.3. The summed E-state index contributed by atoms with van der Waals surface area (Å²) < 4.78 is 0. The Morgan fingerprint density at radius 3 is 2.76 bits per heavy atom. The number of piperidine rings is 1. The Kier molecular flexibility index (Phi) is 6.02. The van der Waals surface area contributed by atoms with Crippen LogP contribution in [-0.2, 0) is 5.75 Å². The van der Waals surface area contributed by atoms with Gasteiger partial charge in [0, 0.05) is 36.1 Å². The number of carbonyl (C=O) groups is 1. The molecule has 0 bridgehead atoms. The minimum absolute atomic E-state index is 0.0969. The second kappa shape index (κ2) is 8.24. The third-order valence-electron chi connectivity index (χ3n) is 4.59. The quantitative estimate of drug-likeness (QED) is 0.689. The summed E-state index contributed by atoms with van der Waals surface area (Å²) in [5.74, 6) is 1.55. The first-order chi connectivity index (χ1) is 12.0. The van der Waals surface area contributed by atoms with Gasteiger partial charge in [0.1, 0.15) is 0 Å². The molecule has 0 radical (unpaired) electrons. The predicted molar refractivity (Wildman–Crippen MR) is 104 cm³/mol. The molecule has 0 spiro atoms. The lowest BCUT2D eigenvalue weighted by Crippen LogP contribution is -2.37. The molecule has 1 amide bonds. The van der Waals surface area contributed by atoms with Crippen LogP contribution in [0.4, 0.5) is 0 Å². The number of benzene rings is 1. The highest BCUT2D eigenvalue weighted by Gasteiger charge is 2.21. The second-order valence-electron chi connectivity index (χ2n) is 6.78. The summed E-state index contributed by atoms with van der Waals surface area (Å²) in [4.78, 5) is 20.0. The van der Waals surface area contributed by atoms with E-state index in [1.807, 2.05) is 36.2 Å². The molecule has 1 saturated heterocycles. The zero-order chi connectivity index (χ0) is 17.8. The number of amides is 1. The van der Waals surface area contributed by atoms with Gasteiger partial charge in [-0.25, -0.2) is 0 Å². The van der Waals surface area contributed by atoms with E-state index in [1.54, 1.807) is 18.0 Å². The molecule has 1 aromatic carbocycles. The maximum Gasteiger partial charge on any atom is 0.255 e. The summed E-state index contributed by atoms with van der Waals surface area (Å²) in [5, 5.41) is 0.771. The highest BCUT2D eigenvalue weighted by Crippen LogP contribution is 2.30. The van der Waals surface area contributed by atoms with Crippen molar-refractivity contribution in [3.05, 3.63) is 58.4 Å². The Labute approximate surface area is 158 Å². The normalized spacial score (nSPS) is 15.4. The molecule has 5 heteroatoms. The molecule has 132 valence electrons. The standard InChI is InChI=1S/C20H23ClN2OS/c1-14-5-7-23(8-6-14)20(24)17-10-16(11-22-12-17)13-25-19-4-3-15(2)9-18(19)21/h3-4,9-12,14H,5-8,13H2,1-2H3. The van der Waals surface area contributed by atoms with Crippen LogP contribution in [-0.4, -0.2) is 28.9 Å². The summed E-state index contributed by atoms with van der Waals surface area (Å²) in [6.07, 6.45) is 5.67. The molecular formula is C20H23ClN2OS. The number of halogens is 1. The van der Waals surface area contributed by atoms with Gasteiger partial charge in [-0.2, -0.15) is 0 Å².